The van der Waals surface area contributed by atoms with Crippen LogP contribution in [0.4, 0.5) is 0 Å². The molecule has 36 heavy (non-hydrogen) atoms. The molecular formula is C19H37N11O6. The van der Waals surface area contributed by atoms with Gasteiger partial charge in [-0.1, -0.05) is 0 Å². The van der Waals surface area contributed by atoms with Crippen LogP contribution in [0.15, 0.2) is 9.98 Å². The lowest BCUT2D eigenvalue weighted by Crippen LogP contribution is -2.56. The molecule has 0 bridgehead atoms. The van der Waals surface area contributed by atoms with E-state index in [1.165, 1.54) is 0 Å². The molecule has 0 aliphatic rings. The molecule has 0 fully saturated rings. The second-order valence-corrected chi connectivity index (χ2v) is 7.74. The predicted octanol–water partition coefficient (Wildman–Crippen LogP) is -5.14. The number of nitrogens with zero attached hydrogens (tertiary/aromatic N) is 2. The van der Waals surface area contributed by atoms with Gasteiger partial charge in [0.15, 0.2) is 11.9 Å². The highest BCUT2D eigenvalue weighted by atomic mass is 16.4. The molecule has 0 aliphatic carbocycles. The van der Waals surface area contributed by atoms with Crippen LogP contribution in [-0.4, -0.2) is 84.4 Å². The Morgan fingerprint density at radius 3 is 1.72 bits per heavy atom. The Balaban J connectivity index is 5.38. The summed E-state index contributed by atoms with van der Waals surface area (Å²) in [4.78, 5) is 67.4. The van der Waals surface area contributed by atoms with Crippen LogP contribution >= 0.6 is 0 Å². The number of amides is 4. The van der Waals surface area contributed by atoms with Gasteiger partial charge in [0.25, 0.3) is 0 Å². The Kier molecular flexibility index (Phi) is 15.3. The van der Waals surface area contributed by atoms with Crippen LogP contribution < -0.4 is 50.4 Å². The van der Waals surface area contributed by atoms with Gasteiger partial charge >= 0.3 is 5.97 Å². The summed E-state index contributed by atoms with van der Waals surface area (Å²) in [6, 6.07) is -3.40. The Morgan fingerprint density at radius 1 is 0.722 bits per heavy atom. The number of carboxylic acids is 1. The average molecular weight is 516 g/mol. The number of nitrogens with one attached hydrogen (secondary N) is 3. The van der Waals surface area contributed by atoms with Crippen LogP contribution in [0.5, 0.6) is 0 Å². The molecule has 3 atom stereocenters. The maximum atomic E-state index is 13.0. The molecule has 0 aromatic rings. The van der Waals surface area contributed by atoms with E-state index in [9.17, 15) is 24.0 Å². The Morgan fingerprint density at radius 2 is 1.22 bits per heavy atom. The Hall–Kier alpha value is -4.15. The molecule has 0 rings (SSSR count). The molecule has 17 nitrogen and oxygen atoms in total. The van der Waals surface area contributed by atoms with E-state index >= 15 is 0 Å². The zero-order valence-corrected chi connectivity index (χ0v) is 19.9. The first-order valence-electron chi connectivity index (χ1n) is 11.1. The van der Waals surface area contributed by atoms with E-state index in [2.05, 4.69) is 25.9 Å². The SMILES string of the molecule is NC(=O)CCC(NC(=O)C(CCCN=C(N)N)NC(=O)C(N)CCCN=C(N)N)C(=O)NCC(=O)O. The fraction of sp³-hybridized carbons (Fsp3) is 0.632. The van der Waals surface area contributed by atoms with Crippen LogP contribution in [0, 0.1) is 0 Å². The van der Waals surface area contributed by atoms with Crippen molar-refractivity contribution in [1.29, 1.82) is 0 Å². The largest absolute Gasteiger partial charge is 0.480 e. The highest BCUT2D eigenvalue weighted by Crippen LogP contribution is 2.05. The van der Waals surface area contributed by atoms with Crippen LogP contribution in [-0.2, 0) is 24.0 Å². The molecule has 0 aromatic carbocycles. The molecule has 16 N–H and O–H groups in total. The van der Waals surface area contributed by atoms with Crippen LogP contribution in [0.3, 0.4) is 0 Å². The van der Waals surface area contributed by atoms with Crippen molar-refractivity contribution in [3.8, 4) is 0 Å². The lowest BCUT2D eigenvalue weighted by Gasteiger charge is -2.24. The molecule has 204 valence electrons. The van der Waals surface area contributed by atoms with Crippen molar-refractivity contribution in [3.63, 3.8) is 0 Å². The third-order valence-corrected chi connectivity index (χ3v) is 4.61. The van der Waals surface area contributed by atoms with Gasteiger partial charge in [-0.3, -0.25) is 34.0 Å². The molecule has 0 saturated heterocycles. The molecule has 4 amide bonds. The van der Waals surface area contributed by atoms with Gasteiger partial charge in [0, 0.05) is 19.5 Å². The first kappa shape index (κ1) is 31.8. The smallest absolute Gasteiger partial charge is 0.322 e. The molecule has 0 heterocycles. The molecule has 0 radical (unpaired) electrons. The summed E-state index contributed by atoms with van der Waals surface area (Å²) in [7, 11) is 0. The summed E-state index contributed by atoms with van der Waals surface area (Å²) in [5, 5.41) is 15.8. The van der Waals surface area contributed by atoms with Crippen molar-refractivity contribution in [2.45, 2.75) is 56.7 Å². The number of guanidine groups is 2. The minimum Gasteiger partial charge on any atom is -0.480 e. The average Bonchev–Trinajstić information content (AvgIpc) is 2.78. The van der Waals surface area contributed by atoms with E-state index in [-0.39, 0.29) is 57.1 Å². The summed E-state index contributed by atoms with van der Waals surface area (Å²) in [6.07, 6.45) is 0.553. The van der Waals surface area contributed by atoms with Crippen molar-refractivity contribution in [1.82, 2.24) is 16.0 Å². The van der Waals surface area contributed by atoms with Gasteiger partial charge in [-0.05, 0) is 32.1 Å². The molecule has 0 spiro atoms. The number of carboxylic acid groups (broad SMARTS) is 1. The Bertz CT molecular complexity index is 825. The summed E-state index contributed by atoms with van der Waals surface area (Å²) in [5.74, 6) is -4.51. The first-order chi connectivity index (χ1) is 16.8. The van der Waals surface area contributed by atoms with Crippen LogP contribution in [0.1, 0.15) is 38.5 Å². The summed E-state index contributed by atoms with van der Waals surface area (Å²) < 4.78 is 0. The van der Waals surface area contributed by atoms with Gasteiger partial charge in [-0.15, -0.1) is 0 Å². The van der Waals surface area contributed by atoms with E-state index < -0.39 is 54.3 Å². The molecule has 0 saturated carbocycles. The van der Waals surface area contributed by atoms with Crippen molar-refractivity contribution in [2.24, 2.45) is 44.4 Å². The molecule has 3 unspecified atom stereocenters. The fourth-order valence-corrected chi connectivity index (χ4v) is 2.82. The number of primary amides is 1. The normalized spacial score (nSPS) is 12.8. The van der Waals surface area contributed by atoms with Crippen molar-refractivity contribution < 1.29 is 29.1 Å². The first-order valence-corrected chi connectivity index (χ1v) is 11.1. The summed E-state index contributed by atoms with van der Waals surface area (Å²) in [6.45, 7) is -0.273. The monoisotopic (exact) mass is 515 g/mol. The van der Waals surface area contributed by atoms with Gasteiger partial charge in [0.1, 0.15) is 18.6 Å². The third-order valence-electron chi connectivity index (χ3n) is 4.61. The van der Waals surface area contributed by atoms with E-state index in [1.807, 2.05) is 0 Å². The van der Waals surface area contributed by atoms with Crippen molar-refractivity contribution in [2.75, 3.05) is 19.6 Å². The lowest BCUT2D eigenvalue weighted by molar-refractivity contribution is -0.138. The maximum absolute atomic E-state index is 13.0. The van der Waals surface area contributed by atoms with Gasteiger partial charge in [0.05, 0.1) is 6.04 Å². The predicted molar refractivity (Wildman–Crippen MR) is 131 cm³/mol. The molecule has 0 aromatic heterocycles. The third kappa shape index (κ3) is 15.6. The standard InChI is InChI=1S/C19H37N11O6/c20-10(3-1-7-26-18(22)23)15(34)29-11(4-2-8-27-19(24)25)17(36)30-12(5-6-13(21)31)16(35)28-9-14(32)33/h10-12H,1-9,20H2,(H2,21,31)(H,28,35)(H,29,34)(H,30,36)(H,32,33)(H4,22,23,26)(H4,24,25,27). The number of aliphatic carboxylic acids is 1. The number of hydrogen-bond donors (Lipinski definition) is 10. The van der Waals surface area contributed by atoms with E-state index in [0.29, 0.717) is 6.42 Å². The van der Waals surface area contributed by atoms with E-state index in [0.717, 1.165) is 0 Å². The van der Waals surface area contributed by atoms with Gasteiger partial charge < -0.3 is 55.5 Å². The van der Waals surface area contributed by atoms with Crippen LogP contribution in [0.25, 0.3) is 0 Å². The molecule has 17 heteroatoms. The topological polar surface area (TPSA) is 323 Å². The maximum Gasteiger partial charge on any atom is 0.322 e. The van der Waals surface area contributed by atoms with Crippen molar-refractivity contribution in [3.05, 3.63) is 0 Å². The second-order valence-electron chi connectivity index (χ2n) is 7.74. The summed E-state index contributed by atoms with van der Waals surface area (Å²) in [5.41, 5.74) is 32.1. The highest BCUT2D eigenvalue weighted by molar-refractivity contribution is 5.94. The van der Waals surface area contributed by atoms with E-state index in [4.69, 9.17) is 39.5 Å². The number of carbonyl (C=O) groups is 5. The quantitative estimate of drug-likeness (QED) is 0.0467. The summed E-state index contributed by atoms with van der Waals surface area (Å²) >= 11 is 0. The number of nitrogens with two attached hydrogens (primary N) is 6. The molecule has 0 aliphatic heterocycles. The number of hydrogen-bond acceptors (Lipinski definition) is 8. The second kappa shape index (κ2) is 17.3. The zero-order chi connectivity index (χ0) is 27.7. The number of rotatable bonds is 18. The Labute approximate surface area is 207 Å². The number of aliphatic imine (C=N–C) groups is 2. The fourth-order valence-electron chi connectivity index (χ4n) is 2.82. The zero-order valence-electron chi connectivity index (χ0n) is 19.9. The minimum absolute atomic E-state index is 0.0777. The van der Waals surface area contributed by atoms with Gasteiger partial charge in [-0.25, -0.2) is 0 Å². The van der Waals surface area contributed by atoms with Crippen LogP contribution in [0.2, 0.25) is 0 Å². The minimum atomic E-state index is -1.30. The van der Waals surface area contributed by atoms with Crippen molar-refractivity contribution >= 4 is 41.5 Å². The number of carbonyl (C=O) groups excluding carboxylic acids is 4. The van der Waals surface area contributed by atoms with Gasteiger partial charge in [-0.2, -0.15) is 0 Å². The molecular weight excluding hydrogens is 478 g/mol. The highest BCUT2D eigenvalue weighted by Gasteiger charge is 2.28. The van der Waals surface area contributed by atoms with E-state index in [1.54, 1.807) is 0 Å². The van der Waals surface area contributed by atoms with Gasteiger partial charge in [0.2, 0.25) is 23.6 Å². The lowest BCUT2D eigenvalue weighted by atomic mass is 10.1.